The maximum atomic E-state index is 13.4. The van der Waals surface area contributed by atoms with Gasteiger partial charge in [-0.1, -0.05) is 63.2 Å². The number of hydrogen-bond donors (Lipinski definition) is 1. The van der Waals surface area contributed by atoms with Gasteiger partial charge in [0, 0.05) is 11.8 Å². The molecule has 0 aromatic heterocycles. The molecule has 1 fully saturated rings. The van der Waals surface area contributed by atoms with Gasteiger partial charge in [0.15, 0.2) is 0 Å². The Kier molecular flexibility index (Phi) is 6.39. The fourth-order valence-corrected chi connectivity index (χ4v) is 4.31. The molecule has 1 atom stereocenters. The van der Waals surface area contributed by atoms with E-state index in [0.29, 0.717) is 28.3 Å². The van der Waals surface area contributed by atoms with Crippen LogP contribution in [-0.2, 0) is 15.0 Å². The average molecular weight is 472 g/mol. The molecule has 1 saturated heterocycles. The van der Waals surface area contributed by atoms with E-state index in [2.05, 4.69) is 20.8 Å². The first kappa shape index (κ1) is 24.1. The lowest BCUT2D eigenvalue weighted by atomic mass is 9.87. The summed E-state index contributed by atoms with van der Waals surface area (Å²) < 4.78 is 10.7. The second-order valence-electron chi connectivity index (χ2n) is 9.44. The quantitative estimate of drug-likeness (QED) is 0.297. The van der Waals surface area contributed by atoms with E-state index >= 15 is 0 Å². The summed E-state index contributed by atoms with van der Waals surface area (Å²) in [5, 5.41) is 11.4. The molecule has 3 aromatic rings. The minimum Gasteiger partial charge on any atom is -0.507 e. The largest absolute Gasteiger partial charge is 0.507 e. The number of ketones is 1. The number of anilines is 1. The Balaban J connectivity index is 1.91. The van der Waals surface area contributed by atoms with Crippen molar-refractivity contribution in [3.05, 3.63) is 95.1 Å². The minimum atomic E-state index is -0.802. The number of rotatable bonds is 5. The molecule has 6 heteroatoms. The number of benzene rings is 3. The summed E-state index contributed by atoms with van der Waals surface area (Å²) >= 11 is 0. The van der Waals surface area contributed by atoms with E-state index in [1.807, 2.05) is 54.6 Å². The van der Waals surface area contributed by atoms with Crippen molar-refractivity contribution in [2.24, 2.45) is 0 Å². The highest BCUT2D eigenvalue weighted by Crippen LogP contribution is 2.43. The first-order valence-electron chi connectivity index (χ1n) is 11.4. The monoisotopic (exact) mass is 471 g/mol. The normalized spacial score (nSPS) is 17.5. The average Bonchev–Trinajstić information content (AvgIpc) is 3.13. The maximum Gasteiger partial charge on any atom is 0.300 e. The molecule has 0 aliphatic carbocycles. The van der Waals surface area contributed by atoms with Crippen LogP contribution in [0.3, 0.4) is 0 Å². The molecule has 1 aliphatic rings. The van der Waals surface area contributed by atoms with E-state index < -0.39 is 17.7 Å². The van der Waals surface area contributed by atoms with E-state index in [4.69, 9.17) is 9.47 Å². The molecule has 35 heavy (non-hydrogen) atoms. The molecule has 0 saturated carbocycles. The number of nitrogens with zero attached hydrogens (tertiary/aromatic N) is 1. The van der Waals surface area contributed by atoms with Crippen molar-refractivity contribution in [3.63, 3.8) is 0 Å². The summed E-state index contributed by atoms with van der Waals surface area (Å²) in [5.74, 6) is -0.886. The van der Waals surface area contributed by atoms with Crippen LogP contribution < -0.4 is 14.4 Å². The van der Waals surface area contributed by atoms with Crippen LogP contribution in [0.25, 0.3) is 5.76 Å². The third-order valence-electron chi connectivity index (χ3n) is 6.24. The van der Waals surface area contributed by atoms with Gasteiger partial charge in [-0.05, 0) is 40.8 Å². The Hall–Kier alpha value is -4.06. The van der Waals surface area contributed by atoms with Gasteiger partial charge in [0.05, 0.1) is 31.4 Å². The summed E-state index contributed by atoms with van der Waals surface area (Å²) in [7, 11) is 3.00. The molecule has 1 aliphatic heterocycles. The SMILES string of the molecule is COc1ccc(/C(O)=C2/C(=O)C(=O)N(c3ccc(C(C)(C)C)cc3)C2c2ccccc2)c(OC)c1. The topological polar surface area (TPSA) is 76.1 Å². The van der Waals surface area contributed by atoms with Crippen LogP contribution in [0.15, 0.2) is 78.4 Å². The van der Waals surface area contributed by atoms with Gasteiger partial charge in [0.25, 0.3) is 11.7 Å². The van der Waals surface area contributed by atoms with Crippen molar-refractivity contribution >= 4 is 23.1 Å². The minimum absolute atomic E-state index is 0.00423. The van der Waals surface area contributed by atoms with Gasteiger partial charge in [-0.3, -0.25) is 14.5 Å². The number of aliphatic hydroxyl groups is 1. The van der Waals surface area contributed by atoms with E-state index in [1.54, 1.807) is 18.2 Å². The molecule has 6 nitrogen and oxygen atoms in total. The van der Waals surface area contributed by atoms with Crippen LogP contribution in [0, 0.1) is 0 Å². The Morgan fingerprint density at radius 1 is 0.886 bits per heavy atom. The molecule has 3 aromatic carbocycles. The van der Waals surface area contributed by atoms with Gasteiger partial charge < -0.3 is 14.6 Å². The molecule has 1 heterocycles. The van der Waals surface area contributed by atoms with Crippen molar-refractivity contribution < 1.29 is 24.2 Å². The highest BCUT2D eigenvalue weighted by molar-refractivity contribution is 6.51. The van der Waals surface area contributed by atoms with E-state index in [9.17, 15) is 14.7 Å². The van der Waals surface area contributed by atoms with Gasteiger partial charge in [0.2, 0.25) is 0 Å². The number of carbonyl (C=O) groups excluding carboxylic acids is 2. The summed E-state index contributed by atoms with van der Waals surface area (Å²) in [6.45, 7) is 6.33. The molecule has 0 radical (unpaired) electrons. The van der Waals surface area contributed by atoms with Gasteiger partial charge in [0.1, 0.15) is 17.3 Å². The number of amides is 1. The van der Waals surface area contributed by atoms with Gasteiger partial charge >= 0.3 is 0 Å². The summed E-state index contributed by atoms with van der Waals surface area (Å²) in [5.41, 5.74) is 2.64. The number of ether oxygens (including phenoxy) is 2. The Morgan fingerprint density at radius 3 is 2.11 bits per heavy atom. The third-order valence-corrected chi connectivity index (χ3v) is 6.24. The van der Waals surface area contributed by atoms with Gasteiger partial charge in [-0.15, -0.1) is 0 Å². The molecule has 1 unspecified atom stereocenters. The van der Waals surface area contributed by atoms with Crippen molar-refractivity contribution in [2.75, 3.05) is 19.1 Å². The number of methoxy groups -OCH3 is 2. The van der Waals surface area contributed by atoms with E-state index in [-0.39, 0.29) is 16.7 Å². The van der Waals surface area contributed by atoms with E-state index in [0.717, 1.165) is 5.56 Å². The number of Topliss-reactive ketones (excluding diaryl/α,β-unsaturated/α-hetero) is 1. The lowest BCUT2D eigenvalue weighted by molar-refractivity contribution is -0.132. The molecule has 1 N–H and O–H groups in total. The van der Waals surface area contributed by atoms with Crippen molar-refractivity contribution in [3.8, 4) is 11.5 Å². The smallest absolute Gasteiger partial charge is 0.300 e. The third kappa shape index (κ3) is 4.39. The van der Waals surface area contributed by atoms with Crippen LogP contribution in [0.4, 0.5) is 5.69 Å². The number of hydrogen-bond acceptors (Lipinski definition) is 5. The lowest BCUT2D eigenvalue weighted by Crippen LogP contribution is -2.29. The molecular weight excluding hydrogens is 442 g/mol. The van der Waals surface area contributed by atoms with Crippen LogP contribution in [0.2, 0.25) is 0 Å². The number of carbonyl (C=O) groups is 2. The van der Waals surface area contributed by atoms with Crippen molar-refractivity contribution in [1.29, 1.82) is 0 Å². The highest BCUT2D eigenvalue weighted by atomic mass is 16.5. The van der Waals surface area contributed by atoms with Crippen molar-refractivity contribution in [2.45, 2.75) is 32.2 Å². The molecule has 0 bridgehead atoms. The molecule has 180 valence electrons. The molecule has 1 amide bonds. The first-order chi connectivity index (χ1) is 16.7. The van der Waals surface area contributed by atoms with Crippen molar-refractivity contribution in [1.82, 2.24) is 0 Å². The second-order valence-corrected chi connectivity index (χ2v) is 9.44. The zero-order valence-electron chi connectivity index (χ0n) is 20.5. The zero-order chi connectivity index (χ0) is 25.3. The molecule has 0 spiro atoms. The molecular formula is C29H29NO5. The van der Waals surface area contributed by atoms with Gasteiger partial charge in [-0.25, -0.2) is 0 Å². The van der Waals surface area contributed by atoms with Crippen LogP contribution in [0.1, 0.15) is 43.5 Å². The summed E-state index contributed by atoms with van der Waals surface area (Å²) in [4.78, 5) is 28.2. The van der Waals surface area contributed by atoms with Crippen LogP contribution in [0.5, 0.6) is 11.5 Å². The summed E-state index contributed by atoms with van der Waals surface area (Å²) in [6, 6.07) is 20.9. The standard InChI is InChI=1S/C29H29NO5/c1-29(2,3)19-11-13-20(14-12-19)30-25(18-9-7-6-8-10-18)24(27(32)28(30)33)26(31)22-16-15-21(34-4)17-23(22)35-5/h6-17,25,31H,1-5H3/b26-24-. The van der Waals surface area contributed by atoms with E-state index in [1.165, 1.54) is 19.1 Å². The number of aliphatic hydroxyl groups excluding tert-OH is 1. The predicted octanol–water partition coefficient (Wildman–Crippen LogP) is 5.63. The zero-order valence-corrected chi connectivity index (χ0v) is 20.5. The Bertz CT molecular complexity index is 1290. The highest BCUT2D eigenvalue weighted by Gasteiger charge is 2.47. The lowest BCUT2D eigenvalue weighted by Gasteiger charge is -2.26. The summed E-state index contributed by atoms with van der Waals surface area (Å²) in [6.07, 6.45) is 0. The van der Waals surface area contributed by atoms with Crippen LogP contribution >= 0.6 is 0 Å². The fraction of sp³-hybridized carbons (Fsp3) is 0.241. The molecule has 4 rings (SSSR count). The Morgan fingerprint density at radius 2 is 1.54 bits per heavy atom. The Labute approximate surface area is 205 Å². The second kappa shape index (κ2) is 9.29. The maximum absolute atomic E-state index is 13.4. The van der Waals surface area contributed by atoms with Gasteiger partial charge in [-0.2, -0.15) is 0 Å². The predicted molar refractivity (Wildman–Crippen MR) is 136 cm³/mol. The fourth-order valence-electron chi connectivity index (χ4n) is 4.31. The first-order valence-corrected chi connectivity index (χ1v) is 11.4. The van der Waals surface area contributed by atoms with Crippen LogP contribution in [-0.4, -0.2) is 31.0 Å².